The van der Waals surface area contributed by atoms with Crippen LogP contribution in [0.5, 0.6) is 0 Å². The SMILES string of the molecule is CC1=C(C)C(=O)C(C(C)C(C)C(=O)O)=C(C)C1=O. The first-order chi connectivity index (χ1) is 8.20. The second-order valence-electron chi connectivity index (χ2n) is 4.86. The molecule has 0 saturated carbocycles. The van der Waals surface area contributed by atoms with Crippen LogP contribution >= 0.6 is 0 Å². The molecule has 0 spiro atoms. The lowest BCUT2D eigenvalue weighted by molar-refractivity contribution is -0.142. The Balaban J connectivity index is 3.28. The van der Waals surface area contributed by atoms with Crippen molar-refractivity contribution >= 4 is 17.5 Å². The number of Topliss-reactive ketones (excluding diaryl/α,β-unsaturated/α-hetero) is 2. The third-order valence-electron chi connectivity index (χ3n) is 3.83. The lowest BCUT2D eigenvalue weighted by Crippen LogP contribution is -2.29. The topological polar surface area (TPSA) is 71.4 Å². The predicted octanol–water partition coefficient (Wildman–Crippen LogP) is 2.15. The van der Waals surface area contributed by atoms with Gasteiger partial charge in [0.25, 0.3) is 0 Å². The van der Waals surface area contributed by atoms with Crippen LogP contribution in [0.2, 0.25) is 0 Å². The molecule has 0 bridgehead atoms. The molecule has 0 aromatic carbocycles. The minimum atomic E-state index is -0.966. The van der Waals surface area contributed by atoms with E-state index in [0.29, 0.717) is 22.3 Å². The number of allylic oxidation sites excluding steroid dienone is 4. The summed E-state index contributed by atoms with van der Waals surface area (Å²) in [7, 11) is 0. The smallest absolute Gasteiger partial charge is 0.306 e. The van der Waals surface area contributed by atoms with E-state index in [-0.39, 0.29) is 11.6 Å². The molecule has 0 aliphatic heterocycles. The number of carboxylic acids is 1. The van der Waals surface area contributed by atoms with Crippen molar-refractivity contribution in [2.45, 2.75) is 34.6 Å². The first kappa shape index (κ1) is 14.4. The van der Waals surface area contributed by atoms with Crippen LogP contribution in [-0.4, -0.2) is 22.6 Å². The molecule has 4 nitrogen and oxygen atoms in total. The normalized spacial score (nSPS) is 20.3. The molecule has 0 fully saturated rings. The summed E-state index contributed by atoms with van der Waals surface area (Å²) in [5.74, 6) is -2.50. The van der Waals surface area contributed by atoms with Crippen LogP contribution in [0.1, 0.15) is 34.6 Å². The van der Waals surface area contributed by atoms with Gasteiger partial charge in [-0.15, -0.1) is 0 Å². The van der Waals surface area contributed by atoms with Gasteiger partial charge in [0.1, 0.15) is 0 Å². The van der Waals surface area contributed by atoms with E-state index >= 15 is 0 Å². The highest BCUT2D eigenvalue weighted by Crippen LogP contribution is 2.32. The maximum Gasteiger partial charge on any atom is 0.306 e. The summed E-state index contributed by atoms with van der Waals surface area (Å²) >= 11 is 0. The molecule has 98 valence electrons. The Labute approximate surface area is 106 Å². The minimum absolute atomic E-state index is 0.161. The zero-order valence-electron chi connectivity index (χ0n) is 11.3. The zero-order valence-corrected chi connectivity index (χ0v) is 11.3. The molecule has 1 rings (SSSR count). The maximum atomic E-state index is 12.2. The van der Waals surface area contributed by atoms with Crippen LogP contribution in [0, 0.1) is 11.8 Å². The van der Waals surface area contributed by atoms with Crippen molar-refractivity contribution in [3.63, 3.8) is 0 Å². The Morgan fingerprint density at radius 3 is 1.83 bits per heavy atom. The summed E-state index contributed by atoms with van der Waals surface area (Å²) in [6.07, 6.45) is 0. The van der Waals surface area contributed by atoms with Crippen molar-refractivity contribution in [2.75, 3.05) is 0 Å². The molecular formula is C14H18O4. The van der Waals surface area contributed by atoms with Crippen LogP contribution < -0.4 is 0 Å². The molecule has 0 aromatic heterocycles. The summed E-state index contributed by atoms with van der Waals surface area (Å²) in [6, 6.07) is 0. The zero-order chi connectivity index (χ0) is 14.2. The van der Waals surface area contributed by atoms with E-state index in [1.165, 1.54) is 0 Å². The fraction of sp³-hybridized carbons (Fsp3) is 0.500. The summed E-state index contributed by atoms with van der Waals surface area (Å²) < 4.78 is 0. The quantitative estimate of drug-likeness (QED) is 0.779. The highest BCUT2D eigenvalue weighted by atomic mass is 16.4. The summed E-state index contributed by atoms with van der Waals surface area (Å²) in [5, 5.41) is 9.01. The number of ketones is 2. The van der Waals surface area contributed by atoms with Gasteiger partial charge >= 0.3 is 5.97 Å². The van der Waals surface area contributed by atoms with Gasteiger partial charge in [-0.2, -0.15) is 0 Å². The van der Waals surface area contributed by atoms with E-state index in [4.69, 9.17) is 5.11 Å². The van der Waals surface area contributed by atoms with Crippen LogP contribution in [0.15, 0.2) is 22.3 Å². The number of hydrogen-bond acceptors (Lipinski definition) is 3. The highest BCUT2D eigenvalue weighted by Gasteiger charge is 2.34. The number of carbonyl (C=O) groups excluding carboxylic acids is 2. The largest absolute Gasteiger partial charge is 0.481 e. The molecule has 0 amide bonds. The molecule has 2 unspecified atom stereocenters. The molecule has 1 aliphatic carbocycles. The molecule has 1 aliphatic rings. The number of carboxylic acid groups (broad SMARTS) is 1. The van der Waals surface area contributed by atoms with E-state index in [1.54, 1.807) is 34.6 Å². The number of aliphatic carboxylic acids is 1. The van der Waals surface area contributed by atoms with Gasteiger partial charge in [0.05, 0.1) is 5.92 Å². The minimum Gasteiger partial charge on any atom is -0.481 e. The Bertz CT molecular complexity index is 494. The Morgan fingerprint density at radius 1 is 0.944 bits per heavy atom. The third kappa shape index (κ3) is 2.15. The average Bonchev–Trinajstić information content (AvgIpc) is 2.32. The first-order valence-corrected chi connectivity index (χ1v) is 5.90. The van der Waals surface area contributed by atoms with E-state index in [9.17, 15) is 14.4 Å². The van der Waals surface area contributed by atoms with Crippen molar-refractivity contribution in [3.8, 4) is 0 Å². The summed E-state index contributed by atoms with van der Waals surface area (Å²) in [6.45, 7) is 8.06. The van der Waals surface area contributed by atoms with E-state index in [0.717, 1.165) is 0 Å². The molecule has 0 radical (unpaired) electrons. The number of hydrogen-bond donors (Lipinski definition) is 1. The fourth-order valence-electron chi connectivity index (χ4n) is 2.13. The van der Waals surface area contributed by atoms with Crippen LogP contribution in [-0.2, 0) is 14.4 Å². The van der Waals surface area contributed by atoms with Gasteiger partial charge in [0, 0.05) is 22.3 Å². The van der Waals surface area contributed by atoms with Gasteiger partial charge in [0.2, 0.25) is 0 Å². The van der Waals surface area contributed by atoms with Crippen molar-refractivity contribution in [3.05, 3.63) is 22.3 Å². The van der Waals surface area contributed by atoms with E-state index < -0.39 is 17.8 Å². The first-order valence-electron chi connectivity index (χ1n) is 5.90. The Hall–Kier alpha value is -1.71. The molecule has 2 atom stereocenters. The van der Waals surface area contributed by atoms with Crippen molar-refractivity contribution in [2.24, 2.45) is 11.8 Å². The monoisotopic (exact) mass is 250 g/mol. The van der Waals surface area contributed by atoms with Gasteiger partial charge in [-0.1, -0.05) is 13.8 Å². The van der Waals surface area contributed by atoms with Crippen LogP contribution in [0.25, 0.3) is 0 Å². The van der Waals surface area contributed by atoms with Gasteiger partial charge in [-0.3, -0.25) is 14.4 Å². The lowest BCUT2D eigenvalue weighted by Gasteiger charge is -2.25. The summed E-state index contributed by atoms with van der Waals surface area (Å²) in [4.78, 5) is 35.2. The number of carbonyl (C=O) groups is 3. The summed E-state index contributed by atoms with van der Waals surface area (Å²) in [5.41, 5.74) is 1.60. The molecule has 18 heavy (non-hydrogen) atoms. The highest BCUT2D eigenvalue weighted by molar-refractivity contribution is 6.24. The molecule has 4 heteroatoms. The van der Waals surface area contributed by atoms with Crippen LogP contribution in [0.4, 0.5) is 0 Å². The maximum absolute atomic E-state index is 12.2. The average molecular weight is 250 g/mol. The van der Waals surface area contributed by atoms with E-state index in [1.807, 2.05) is 0 Å². The van der Waals surface area contributed by atoms with E-state index in [2.05, 4.69) is 0 Å². The number of rotatable bonds is 3. The molecule has 0 saturated heterocycles. The van der Waals surface area contributed by atoms with Crippen molar-refractivity contribution in [1.29, 1.82) is 0 Å². The van der Waals surface area contributed by atoms with Gasteiger partial charge in [-0.25, -0.2) is 0 Å². The Kier molecular flexibility index (Phi) is 3.89. The fourth-order valence-corrected chi connectivity index (χ4v) is 2.13. The second-order valence-corrected chi connectivity index (χ2v) is 4.86. The molecule has 0 heterocycles. The second kappa shape index (κ2) is 4.88. The molecular weight excluding hydrogens is 232 g/mol. The van der Waals surface area contributed by atoms with Crippen molar-refractivity contribution < 1.29 is 19.5 Å². The Morgan fingerprint density at radius 2 is 1.39 bits per heavy atom. The molecule has 0 aromatic rings. The van der Waals surface area contributed by atoms with Gasteiger partial charge in [0.15, 0.2) is 11.6 Å². The van der Waals surface area contributed by atoms with Crippen molar-refractivity contribution in [1.82, 2.24) is 0 Å². The standard InChI is InChI=1S/C14H18O4/c1-6(9(4)14(17)18)11-10(5)12(15)7(2)8(3)13(11)16/h6,9H,1-5H3,(H,17,18). The molecule has 1 N–H and O–H groups in total. The van der Waals surface area contributed by atoms with Gasteiger partial charge in [-0.05, 0) is 26.7 Å². The van der Waals surface area contributed by atoms with Gasteiger partial charge < -0.3 is 5.11 Å². The van der Waals surface area contributed by atoms with Crippen LogP contribution in [0.3, 0.4) is 0 Å². The lowest BCUT2D eigenvalue weighted by atomic mass is 9.76. The predicted molar refractivity (Wildman–Crippen MR) is 67.1 cm³/mol. The third-order valence-corrected chi connectivity index (χ3v) is 3.83.